The summed E-state index contributed by atoms with van der Waals surface area (Å²) in [7, 11) is 1.79. The summed E-state index contributed by atoms with van der Waals surface area (Å²) in [5.41, 5.74) is 2.70. The minimum atomic E-state index is -0.0306. The van der Waals surface area contributed by atoms with Gasteiger partial charge in [0.2, 0.25) is 0 Å². The monoisotopic (exact) mass is 249 g/mol. The van der Waals surface area contributed by atoms with Crippen molar-refractivity contribution < 1.29 is 0 Å². The van der Waals surface area contributed by atoms with Crippen molar-refractivity contribution in [3.63, 3.8) is 0 Å². The third kappa shape index (κ3) is 1.23. The van der Waals surface area contributed by atoms with Crippen LogP contribution < -0.4 is 5.56 Å². The highest BCUT2D eigenvalue weighted by molar-refractivity contribution is 5.99. The second kappa shape index (κ2) is 3.45. The Labute approximate surface area is 108 Å². The Hall–Kier alpha value is -2.62. The number of fused-ring (bicyclic) bond motifs is 5. The van der Waals surface area contributed by atoms with Crippen LogP contribution in [0.15, 0.2) is 53.5 Å². The van der Waals surface area contributed by atoms with Gasteiger partial charge in [0.15, 0.2) is 0 Å². The second-order valence-electron chi connectivity index (χ2n) is 4.63. The Bertz CT molecular complexity index is 995. The minimum Gasteiger partial charge on any atom is -0.267 e. The van der Waals surface area contributed by atoms with Gasteiger partial charge in [0.05, 0.1) is 16.4 Å². The highest BCUT2D eigenvalue weighted by Gasteiger charge is 2.11. The maximum atomic E-state index is 12.4. The van der Waals surface area contributed by atoms with Gasteiger partial charge < -0.3 is 0 Å². The number of aromatic nitrogens is 3. The second-order valence-corrected chi connectivity index (χ2v) is 4.63. The van der Waals surface area contributed by atoms with E-state index in [0.717, 1.165) is 21.9 Å². The molecular formula is C15H11N3O. The van der Waals surface area contributed by atoms with E-state index >= 15 is 0 Å². The van der Waals surface area contributed by atoms with Crippen LogP contribution in [0, 0.1) is 0 Å². The van der Waals surface area contributed by atoms with E-state index in [-0.39, 0.29) is 5.56 Å². The molecular weight excluding hydrogens is 238 g/mol. The molecule has 4 aromatic rings. The topological polar surface area (TPSA) is 39.3 Å². The van der Waals surface area contributed by atoms with Crippen molar-refractivity contribution in [1.82, 2.24) is 14.2 Å². The van der Waals surface area contributed by atoms with E-state index in [4.69, 9.17) is 0 Å². The summed E-state index contributed by atoms with van der Waals surface area (Å²) in [6.07, 6.45) is 1.72. The molecule has 0 fully saturated rings. The standard InChI is InChI=1S/C15H11N3O/c1-17-15(19)11-6-4-8-16-14(11)13-9-10-5-2-3-7-12(10)18(13)17/h2-9H,1H3. The predicted octanol–water partition coefficient (Wildman–Crippen LogP) is 2.34. The molecule has 3 aromatic heterocycles. The van der Waals surface area contributed by atoms with Crippen molar-refractivity contribution in [1.29, 1.82) is 0 Å². The fourth-order valence-corrected chi connectivity index (χ4v) is 2.68. The van der Waals surface area contributed by atoms with E-state index in [2.05, 4.69) is 11.1 Å². The van der Waals surface area contributed by atoms with Gasteiger partial charge in [-0.15, -0.1) is 0 Å². The summed E-state index contributed by atoms with van der Waals surface area (Å²) in [6.45, 7) is 0. The summed E-state index contributed by atoms with van der Waals surface area (Å²) in [5.74, 6) is 0. The Morgan fingerprint density at radius 1 is 1.05 bits per heavy atom. The first kappa shape index (κ1) is 10.3. The molecule has 0 amide bonds. The predicted molar refractivity (Wildman–Crippen MR) is 75.4 cm³/mol. The fourth-order valence-electron chi connectivity index (χ4n) is 2.68. The van der Waals surface area contributed by atoms with Crippen molar-refractivity contribution >= 4 is 27.3 Å². The lowest BCUT2D eigenvalue weighted by Gasteiger charge is -2.07. The van der Waals surface area contributed by atoms with Crippen LogP contribution >= 0.6 is 0 Å². The summed E-state index contributed by atoms with van der Waals surface area (Å²) in [6, 6.07) is 13.7. The molecule has 0 saturated carbocycles. The van der Waals surface area contributed by atoms with Gasteiger partial charge >= 0.3 is 0 Å². The molecule has 0 atom stereocenters. The number of benzene rings is 1. The van der Waals surface area contributed by atoms with E-state index < -0.39 is 0 Å². The Morgan fingerprint density at radius 2 is 1.89 bits per heavy atom. The number of hydrogen-bond donors (Lipinski definition) is 0. The number of rotatable bonds is 0. The summed E-state index contributed by atoms with van der Waals surface area (Å²) in [4.78, 5) is 16.8. The molecule has 4 rings (SSSR count). The number of pyridine rings is 1. The Kier molecular flexibility index (Phi) is 1.87. The molecule has 0 aliphatic rings. The van der Waals surface area contributed by atoms with E-state index in [0.29, 0.717) is 5.39 Å². The number of hydrogen-bond acceptors (Lipinski definition) is 2. The molecule has 4 heteroatoms. The Balaban J connectivity index is 2.45. The van der Waals surface area contributed by atoms with Gasteiger partial charge in [0, 0.05) is 18.6 Å². The van der Waals surface area contributed by atoms with Crippen LogP contribution in [0.2, 0.25) is 0 Å². The van der Waals surface area contributed by atoms with Gasteiger partial charge in [-0.1, -0.05) is 18.2 Å². The summed E-state index contributed by atoms with van der Waals surface area (Å²) < 4.78 is 3.56. The first-order valence-corrected chi connectivity index (χ1v) is 6.11. The van der Waals surface area contributed by atoms with Crippen molar-refractivity contribution in [3.05, 3.63) is 59.0 Å². The van der Waals surface area contributed by atoms with Crippen LogP contribution in [-0.4, -0.2) is 14.2 Å². The van der Waals surface area contributed by atoms with Crippen molar-refractivity contribution in [2.24, 2.45) is 7.05 Å². The SMILES string of the molecule is Cn1c(=O)c2cccnc2c2cc3ccccc3n21. The van der Waals surface area contributed by atoms with Crippen molar-refractivity contribution in [2.75, 3.05) is 0 Å². The maximum Gasteiger partial charge on any atom is 0.274 e. The average Bonchev–Trinajstić information content (AvgIpc) is 2.84. The van der Waals surface area contributed by atoms with Crippen LogP contribution in [0.4, 0.5) is 0 Å². The molecule has 0 saturated heterocycles. The third-order valence-electron chi connectivity index (χ3n) is 3.56. The lowest BCUT2D eigenvalue weighted by atomic mass is 10.2. The summed E-state index contributed by atoms with van der Waals surface area (Å²) in [5, 5.41) is 1.76. The van der Waals surface area contributed by atoms with Gasteiger partial charge in [-0.25, -0.2) is 9.20 Å². The lowest BCUT2D eigenvalue weighted by Crippen LogP contribution is -2.23. The highest BCUT2D eigenvalue weighted by Crippen LogP contribution is 2.23. The van der Waals surface area contributed by atoms with Gasteiger partial charge in [0.25, 0.3) is 5.56 Å². The zero-order chi connectivity index (χ0) is 13.0. The van der Waals surface area contributed by atoms with Crippen LogP contribution in [0.3, 0.4) is 0 Å². The molecule has 0 aliphatic carbocycles. The quantitative estimate of drug-likeness (QED) is 0.480. The largest absolute Gasteiger partial charge is 0.274 e. The zero-order valence-corrected chi connectivity index (χ0v) is 10.4. The normalized spacial score (nSPS) is 11.6. The van der Waals surface area contributed by atoms with Crippen LogP contribution in [0.25, 0.3) is 27.3 Å². The van der Waals surface area contributed by atoms with Gasteiger partial charge in [-0.2, -0.15) is 0 Å². The fraction of sp³-hybridized carbons (Fsp3) is 0.0667. The van der Waals surface area contributed by atoms with E-state index in [1.807, 2.05) is 34.8 Å². The van der Waals surface area contributed by atoms with Gasteiger partial charge in [-0.3, -0.25) is 9.78 Å². The van der Waals surface area contributed by atoms with Crippen LogP contribution in [0.5, 0.6) is 0 Å². The molecule has 0 radical (unpaired) electrons. The van der Waals surface area contributed by atoms with Gasteiger partial charge in [-0.05, 0) is 24.3 Å². The smallest absolute Gasteiger partial charge is 0.267 e. The minimum absolute atomic E-state index is 0.0306. The van der Waals surface area contributed by atoms with E-state index in [1.165, 1.54) is 0 Å². The van der Waals surface area contributed by atoms with Crippen molar-refractivity contribution in [3.8, 4) is 0 Å². The van der Waals surface area contributed by atoms with Gasteiger partial charge in [0.1, 0.15) is 5.52 Å². The first-order valence-electron chi connectivity index (χ1n) is 6.11. The molecule has 3 heterocycles. The molecule has 4 nitrogen and oxygen atoms in total. The molecule has 0 aliphatic heterocycles. The zero-order valence-electron chi connectivity index (χ0n) is 10.4. The molecule has 0 spiro atoms. The number of para-hydroxylation sites is 1. The molecule has 0 N–H and O–H groups in total. The van der Waals surface area contributed by atoms with Crippen LogP contribution in [0.1, 0.15) is 0 Å². The third-order valence-corrected chi connectivity index (χ3v) is 3.56. The average molecular weight is 249 g/mol. The molecule has 92 valence electrons. The van der Waals surface area contributed by atoms with Crippen LogP contribution in [-0.2, 0) is 7.05 Å². The maximum absolute atomic E-state index is 12.4. The Morgan fingerprint density at radius 3 is 2.79 bits per heavy atom. The number of aryl methyl sites for hydroxylation is 1. The molecule has 19 heavy (non-hydrogen) atoms. The highest BCUT2D eigenvalue weighted by atomic mass is 16.1. The molecule has 0 bridgehead atoms. The van der Waals surface area contributed by atoms with E-state index in [1.54, 1.807) is 24.0 Å². The lowest BCUT2D eigenvalue weighted by molar-refractivity contribution is 0.685. The molecule has 0 unspecified atom stereocenters. The van der Waals surface area contributed by atoms with E-state index in [9.17, 15) is 4.79 Å². The molecule has 1 aromatic carbocycles. The first-order chi connectivity index (χ1) is 9.27. The number of nitrogens with zero attached hydrogens (tertiary/aromatic N) is 3. The summed E-state index contributed by atoms with van der Waals surface area (Å²) >= 11 is 0. The van der Waals surface area contributed by atoms with Crippen molar-refractivity contribution in [2.45, 2.75) is 0 Å².